The first-order chi connectivity index (χ1) is 15.9. The molecule has 0 bridgehead atoms. The molecule has 3 heterocycles. The fourth-order valence-electron chi connectivity index (χ4n) is 4.45. The van der Waals surface area contributed by atoms with Crippen molar-refractivity contribution < 1.29 is 4.74 Å². The van der Waals surface area contributed by atoms with Crippen molar-refractivity contribution in [1.82, 2.24) is 24.3 Å². The zero-order chi connectivity index (χ0) is 23.5. The summed E-state index contributed by atoms with van der Waals surface area (Å²) in [7, 11) is 3.78. The van der Waals surface area contributed by atoms with Gasteiger partial charge in [0.1, 0.15) is 5.65 Å². The second-order valence-electron chi connectivity index (χ2n) is 8.61. The lowest BCUT2D eigenvalue weighted by Crippen LogP contribution is -2.19. The van der Waals surface area contributed by atoms with Crippen LogP contribution in [0.3, 0.4) is 0 Å². The molecule has 0 spiro atoms. The highest BCUT2D eigenvalue weighted by Gasteiger charge is 2.19. The van der Waals surface area contributed by atoms with Crippen LogP contribution in [0.2, 0.25) is 0 Å². The number of aromatic nitrogens is 4. The minimum Gasteiger partial charge on any atom is -0.481 e. The molecule has 0 N–H and O–H groups in total. The van der Waals surface area contributed by atoms with Crippen molar-refractivity contribution in [3.05, 3.63) is 76.4 Å². The number of fused-ring (bicyclic) bond motifs is 1. The van der Waals surface area contributed by atoms with Crippen LogP contribution in [0, 0.1) is 13.8 Å². The SMILES string of the molecule is CCc1cccc(CC)c1-c1nc(C)c(CN(C)Cc2cn3cccc(C)c3n2)c(OC)n1. The minimum atomic E-state index is 0.642. The summed E-state index contributed by atoms with van der Waals surface area (Å²) in [5, 5.41) is 0. The molecule has 0 fully saturated rings. The third-order valence-electron chi connectivity index (χ3n) is 6.18. The van der Waals surface area contributed by atoms with Crippen LogP contribution in [0.25, 0.3) is 17.0 Å². The molecule has 0 saturated heterocycles. The van der Waals surface area contributed by atoms with Gasteiger partial charge >= 0.3 is 0 Å². The highest BCUT2D eigenvalue weighted by molar-refractivity contribution is 5.66. The van der Waals surface area contributed by atoms with E-state index in [0.717, 1.165) is 53.4 Å². The van der Waals surface area contributed by atoms with Crippen molar-refractivity contribution in [3.63, 3.8) is 0 Å². The van der Waals surface area contributed by atoms with Gasteiger partial charge in [0.05, 0.1) is 12.8 Å². The van der Waals surface area contributed by atoms with Crippen LogP contribution >= 0.6 is 0 Å². The summed E-state index contributed by atoms with van der Waals surface area (Å²) in [6, 6.07) is 10.6. The summed E-state index contributed by atoms with van der Waals surface area (Å²) in [5.41, 5.74) is 8.84. The monoisotopic (exact) mass is 443 g/mol. The molecule has 6 nitrogen and oxygen atoms in total. The molecule has 1 aromatic carbocycles. The second-order valence-corrected chi connectivity index (χ2v) is 8.61. The molecular weight excluding hydrogens is 410 g/mol. The van der Waals surface area contributed by atoms with Gasteiger partial charge in [-0.1, -0.05) is 38.1 Å². The Morgan fingerprint density at radius 3 is 2.30 bits per heavy atom. The topological polar surface area (TPSA) is 55.6 Å². The Kier molecular flexibility index (Phi) is 6.75. The summed E-state index contributed by atoms with van der Waals surface area (Å²) >= 11 is 0. The molecule has 6 heteroatoms. The lowest BCUT2D eigenvalue weighted by atomic mass is 9.96. The molecular formula is C27H33N5O. The van der Waals surface area contributed by atoms with Crippen LogP contribution in [-0.2, 0) is 25.9 Å². The van der Waals surface area contributed by atoms with Crippen molar-refractivity contribution in [2.24, 2.45) is 0 Å². The Bertz CT molecular complexity index is 1250. The third kappa shape index (κ3) is 4.62. The standard InChI is InChI=1S/C27H33N5O/c1-7-20-12-9-13-21(8-2)24(20)25-28-19(4)23(27(30-25)33-6)17-31(5)15-22-16-32-14-10-11-18(3)26(32)29-22/h9-14,16H,7-8,15,17H2,1-6H3. The number of pyridine rings is 1. The first-order valence-electron chi connectivity index (χ1n) is 11.6. The molecule has 0 atom stereocenters. The van der Waals surface area contributed by atoms with Gasteiger partial charge in [-0.05, 0) is 56.5 Å². The fourth-order valence-corrected chi connectivity index (χ4v) is 4.45. The van der Waals surface area contributed by atoms with E-state index in [4.69, 9.17) is 19.7 Å². The molecule has 0 aliphatic rings. The molecule has 0 aliphatic carbocycles. The van der Waals surface area contributed by atoms with E-state index in [-0.39, 0.29) is 0 Å². The second kappa shape index (κ2) is 9.71. The fraction of sp³-hybridized carbons (Fsp3) is 0.370. The third-order valence-corrected chi connectivity index (χ3v) is 6.18. The molecule has 33 heavy (non-hydrogen) atoms. The molecule has 4 rings (SSSR count). The van der Waals surface area contributed by atoms with Crippen LogP contribution in [0.4, 0.5) is 0 Å². The predicted molar refractivity (Wildman–Crippen MR) is 133 cm³/mol. The van der Waals surface area contributed by atoms with Gasteiger partial charge in [0.25, 0.3) is 0 Å². The van der Waals surface area contributed by atoms with Crippen molar-refractivity contribution >= 4 is 5.65 Å². The highest BCUT2D eigenvalue weighted by Crippen LogP contribution is 2.30. The van der Waals surface area contributed by atoms with Gasteiger partial charge < -0.3 is 9.14 Å². The van der Waals surface area contributed by atoms with Crippen LogP contribution in [0.1, 0.15) is 47.5 Å². The quantitative estimate of drug-likeness (QED) is 0.376. The van der Waals surface area contributed by atoms with Crippen LogP contribution in [0.5, 0.6) is 5.88 Å². The van der Waals surface area contributed by atoms with E-state index in [1.54, 1.807) is 7.11 Å². The first-order valence-corrected chi connectivity index (χ1v) is 11.6. The van der Waals surface area contributed by atoms with Gasteiger partial charge in [0.15, 0.2) is 5.82 Å². The number of nitrogens with zero attached hydrogens (tertiary/aromatic N) is 5. The van der Waals surface area contributed by atoms with Gasteiger partial charge in [0, 0.05) is 42.3 Å². The molecule has 3 aromatic heterocycles. The summed E-state index contributed by atoms with van der Waals surface area (Å²) in [4.78, 5) is 16.8. The van der Waals surface area contributed by atoms with Gasteiger partial charge in [-0.15, -0.1) is 0 Å². The number of methoxy groups -OCH3 is 1. The first kappa shape index (κ1) is 22.9. The zero-order valence-corrected chi connectivity index (χ0v) is 20.5. The van der Waals surface area contributed by atoms with E-state index in [1.165, 1.54) is 16.7 Å². The summed E-state index contributed by atoms with van der Waals surface area (Å²) < 4.78 is 7.83. The number of aryl methyl sites for hydroxylation is 4. The van der Waals surface area contributed by atoms with Crippen molar-refractivity contribution in [1.29, 1.82) is 0 Å². The van der Waals surface area contributed by atoms with E-state index in [2.05, 4.69) is 67.6 Å². The maximum Gasteiger partial charge on any atom is 0.221 e. The Hall–Kier alpha value is -3.25. The average molecular weight is 444 g/mol. The number of rotatable bonds is 8. The lowest BCUT2D eigenvalue weighted by Gasteiger charge is -2.20. The lowest BCUT2D eigenvalue weighted by molar-refractivity contribution is 0.303. The van der Waals surface area contributed by atoms with Crippen molar-refractivity contribution in [2.45, 2.75) is 53.6 Å². The number of ether oxygens (including phenoxy) is 1. The van der Waals surface area contributed by atoms with E-state index < -0.39 is 0 Å². The Morgan fingerprint density at radius 2 is 1.67 bits per heavy atom. The average Bonchev–Trinajstić information content (AvgIpc) is 3.23. The van der Waals surface area contributed by atoms with Gasteiger partial charge in [-0.2, -0.15) is 4.98 Å². The number of imidazole rings is 1. The Labute approximate surface area is 196 Å². The molecule has 0 radical (unpaired) electrons. The summed E-state index contributed by atoms with van der Waals surface area (Å²) in [6.07, 6.45) is 6.02. The molecule has 0 saturated carbocycles. The number of benzene rings is 1. The molecule has 4 aromatic rings. The molecule has 0 amide bonds. The van der Waals surface area contributed by atoms with Gasteiger partial charge in [-0.25, -0.2) is 9.97 Å². The Balaban J connectivity index is 1.63. The maximum absolute atomic E-state index is 5.75. The van der Waals surface area contributed by atoms with E-state index >= 15 is 0 Å². The maximum atomic E-state index is 5.75. The van der Waals surface area contributed by atoms with Crippen LogP contribution in [-0.4, -0.2) is 38.4 Å². The van der Waals surface area contributed by atoms with Crippen LogP contribution < -0.4 is 4.74 Å². The van der Waals surface area contributed by atoms with Crippen LogP contribution in [0.15, 0.2) is 42.7 Å². The minimum absolute atomic E-state index is 0.642. The number of hydrogen-bond donors (Lipinski definition) is 0. The predicted octanol–water partition coefficient (Wildman–Crippen LogP) is 5.17. The van der Waals surface area contributed by atoms with Gasteiger partial charge in [0.2, 0.25) is 5.88 Å². The van der Waals surface area contributed by atoms with Crippen molar-refractivity contribution in [3.8, 4) is 17.3 Å². The number of hydrogen-bond acceptors (Lipinski definition) is 5. The van der Waals surface area contributed by atoms with E-state index in [0.29, 0.717) is 12.4 Å². The zero-order valence-electron chi connectivity index (χ0n) is 20.5. The molecule has 0 aliphatic heterocycles. The normalized spacial score (nSPS) is 11.5. The van der Waals surface area contributed by atoms with E-state index in [1.807, 2.05) is 19.2 Å². The molecule has 0 unspecified atom stereocenters. The highest BCUT2D eigenvalue weighted by atomic mass is 16.5. The summed E-state index contributed by atoms with van der Waals surface area (Å²) in [5.74, 6) is 1.39. The van der Waals surface area contributed by atoms with Crippen molar-refractivity contribution in [2.75, 3.05) is 14.2 Å². The van der Waals surface area contributed by atoms with Gasteiger partial charge in [-0.3, -0.25) is 4.90 Å². The summed E-state index contributed by atoms with van der Waals surface area (Å²) in [6.45, 7) is 9.89. The molecule has 172 valence electrons. The smallest absolute Gasteiger partial charge is 0.221 e. The van der Waals surface area contributed by atoms with E-state index in [9.17, 15) is 0 Å². The Morgan fingerprint density at radius 1 is 0.939 bits per heavy atom. The largest absolute Gasteiger partial charge is 0.481 e.